The van der Waals surface area contributed by atoms with E-state index in [2.05, 4.69) is 36.4 Å². The van der Waals surface area contributed by atoms with Gasteiger partial charge in [-0.25, -0.2) is 26.8 Å². The lowest BCUT2D eigenvalue weighted by atomic mass is 9.92. The maximum Gasteiger partial charge on any atom is 0.263 e. The number of hydrogen-bond donors (Lipinski definition) is 2. The number of aromatic nitrogens is 2. The first-order valence-electron chi connectivity index (χ1n) is 16.9. The van der Waals surface area contributed by atoms with Crippen molar-refractivity contribution in [2.24, 2.45) is 0 Å². The van der Waals surface area contributed by atoms with Crippen molar-refractivity contribution in [2.75, 3.05) is 38.9 Å². The minimum absolute atomic E-state index is 0.0409. The zero-order valence-corrected chi connectivity index (χ0v) is 31.1. The quantitative estimate of drug-likeness (QED) is 0.183. The van der Waals surface area contributed by atoms with Gasteiger partial charge in [0.1, 0.15) is 0 Å². The number of fused-ring (bicyclic) bond motifs is 3. The highest BCUT2D eigenvalue weighted by molar-refractivity contribution is 7.93. The van der Waals surface area contributed by atoms with Gasteiger partial charge in [-0.05, 0) is 110 Å². The highest BCUT2D eigenvalue weighted by Crippen LogP contribution is 2.32. The molecule has 0 saturated heterocycles. The number of aryl methyl sites for hydroxylation is 4. The Morgan fingerprint density at radius 2 is 1.24 bits per heavy atom. The van der Waals surface area contributed by atoms with Crippen molar-refractivity contribution in [2.45, 2.75) is 61.2 Å². The summed E-state index contributed by atoms with van der Waals surface area (Å²) in [6.45, 7) is 1.83. The molecule has 1 aliphatic carbocycles. The molecule has 2 N–H and O–H groups in total. The van der Waals surface area contributed by atoms with Gasteiger partial charge in [-0.2, -0.15) is 0 Å². The number of sulfonamides is 2. The molecule has 8 rings (SSSR count). The number of para-hydroxylation sites is 1. The molecule has 3 aliphatic rings. The number of hydrogen-bond acceptors (Lipinski definition) is 10. The number of amides is 1. The first kappa shape index (κ1) is 35.1. The van der Waals surface area contributed by atoms with Gasteiger partial charge in [0.15, 0.2) is 10.3 Å². The molecule has 2 aliphatic heterocycles. The van der Waals surface area contributed by atoms with E-state index in [4.69, 9.17) is 0 Å². The summed E-state index contributed by atoms with van der Waals surface area (Å²) >= 11 is 2.50. The molecule has 0 radical (unpaired) electrons. The summed E-state index contributed by atoms with van der Waals surface area (Å²) in [5.41, 5.74) is 6.55. The second-order valence-electron chi connectivity index (χ2n) is 12.6. The molecule has 266 valence electrons. The SMILES string of the molecule is O=C(CN1CCCc2ccccc21)N1CCCc2cc(S(=O)(=O)Nc3nccs3)ccc21.O=S(=O)(Nc1nccs1)c1ccc2c(c1)CCCC2. The lowest BCUT2D eigenvalue weighted by molar-refractivity contribution is -0.117. The van der Waals surface area contributed by atoms with Gasteiger partial charge < -0.3 is 9.80 Å². The van der Waals surface area contributed by atoms with Gasteiger partial charge in [-0.1, -0.05) is 24.3 Å². The van der Waals surface area contributed by atoms with Gasteiger partial charge in [-0.3, -0.25) is 14.2 Å². The van der Waals surface area contributed by atoms with E-state index in [9.17, 15) is 21.6 Å². The van der Waals surface area contributed by atoms with Crippen molar-refractivity contribution in [3.8, 4) is 0 Å². The summed E-state index contributed by atoms with van der Waals surface area (Å²) in [4.78, 5) is 25.7. The van der Waals surface area contributed by atoms with E-state index in [1.807, 2.05) is 18.2 Å². The van der Waals surface area contributed by atoms with Crippen LogP contribution in [-0.2, 0) is 50.5 Å². The smallest absolute Gasteiger partial charge is 0.263 e. The van der Waals surface area contributed by atoms with E-state index in [1.165, 1.54) is 40.2 Å². The van der Waals surface area contributed by atoms with E-state index >= 15 is 0 Å². The molecule has 0 spiro atoms. The van der Waals surface area contributed by atoms with Crippen LogP contribution >= 0.6 is 22.7 Å². The molecule has 0 saturated carbocycles. The number of anilines is 4. The number of rotatable bonds is 8. The van der Waals surface area contributed by atoms with E-state index in [1.54, 1.807) is 58.4 Å². The zero-order chi connectivity index (χ0) is 35.4. The molecule has 5 aromatic rings. The lowest BCUT2D eigenvalue weighted by Crippen LogP contribution is -2.44. The van der Waals surface area contributed by atoms with Crippen molar-refractivity contribution in [3.05, 3.63) is 106 Å². The average molecular weight is 763 g/mol. The first-order valence-corrected chi connectivity index (χ1v) is 21.6. The summed E-state index contributed by atoms with van der Waals surface area (Å²) in [7, 11) is -7.24. The molecule has 3 aromatic carbocycles. The van der Waals surface area contributed by atoms with Gasteiger partial charge in [0.25, 0.3) is 20.0 Å². The minimum Gasteiger partial charge on any atom is -0.362 e. The third-order valence-electron chi connectivity index (χ3n) is 9.25. The Bertz CT molecular complexity index is 2230. The largest absolute Gasteiger partial charge is 0.362 e. The van der Waals surface area contributed by atoms with Crippen molar-refractivity contribution >= 4 is 70.3 Å². The van der Waals surface area contributed by atoms with E-state index < -0.39 is 20.0 Å². The minimum atomic E-state index is -3.72. The third-order valence-corrected chi connectivity index (χ3v) is 13.6. The number of thiazole rings is 2. The standard InChI is InChI=1S/C23H24N4O3S2.C13H14N2O2S2/c28-22(16-26-12-3-6-17-5-1-2-8-20(17)26)27-13-4-7-18-15-19(9-10-21(18)27)32(29,30)25-23-24-11-14-31-23;16-19(17,15-13-14-7-8-18-13)12-6-5-10-3-1-2-4-11(10)9-12/h1-2,5,8-11,14-15H,3-4,6-7,12-13,16H2,(H,24,25);5-9H,1-4H2,(H,14,15). The van der Waals surface area contributed by atoms with E-state index in [0.29, 0.717) is 28.2 Å². The maximum absolute atomic E-state index is 13.3. The Kier molecular flexibility index (Phi) is 10.4. The molecular formula is C36H38N6O5S4. The zero-order valence-electron chi connectivity index (χ0n) is 27.8. The summed E-state index contributed by atoms with van der Waals surface area (Å²) < 4.78 is 55.0. The van der Waals surface area contributed by atoms with Crippen LogP contribution in [0.1, 0.15) is 47.9 Å². The van der Waals surface area contributed by atoms with Crippen LogP contribution < -0.4 is 19.2 Å². The molecule has 51 heavy (non-hydrogen) atoms. The van der Waals surface area contributed by atoms with Crippen LogP contribution in [0.3, 0.4) is 0 Å². The van der Waals surface area contributed by atoms with Crippen LogP contribution in [0.15, 0.2) is 93.6 Å². The van der Waals surface area contributed by atoms with Crippen LogP contribution in [0.5, 0.6) is 0 Å². The average Bonchev–Trinajstić information content (AvgIpc) is 3.85. The molecule has 15 heteroatoms. The number of nitrogens with one attached hydrogen (secondary N) is 2. The van der Waals surface area contributed by atoms with Crippen LogP contribution in [0, 0.1) is 0 Å². The Morgan fingerprint density at radius 3 is 1.92 bits per heavy atom. The highest BCUT2D eigenvalue weighted by atomic mass is 32.2. The van der Waals surface area contributed by atoms with Crippen molar-refractivity contribution in [1.29, 1.82) is 0 Å². The fraction of sp³-hybridized carbons (Fsp3) is 0.306. The predicted octanol–water partition coefficient (Wildman–Crippen LogP) is 6.50. The second kappa shape index (κ2) is 15.1. The number of nitrogens with zero attached hydrogens (tertiary/aromatic N) is 4. The van der Waals surface area contributed by atoms with Crippen molar-refractivity contribution in [3.63, 3.8) is 0 Å². The van der Waals surface area contributed by atoms with E-state index in [-0.39, 0.29) is 10.8 Å². The molecule has 1 amide bonds. The van der Waals surface area contributed by atoms with Gasteiger partial charge >= 0.3 is 0 Å². The molecular weight excluding hydrogens is 725 g/mol. The molecule has 0 unspecified atom stereocenters. The summed E-state index contributed by atoms with van der Waals surface area (Å²) in [6, 6.07) is 18.7. The monoisotopic (exact) mass is 762 g/mol. The lowest BCUT2D eigenvalue weighted by Gasteiger charge is -2.35. The van der Waals surface area contributed by atoms with Crippen molar-refractivity contribution < 1.29 is 21.6 Å². The molecule has 2 aromatic heterocycles. The summed E-state index contributed by atoms with van der Waals surface area (Å²) in [5.74, 6) is 0.0409. The van der Waals surface area contributed by atoms with Gasteiger partial charge in [0.05, 0.1) is 16.3 Å². The fourth-order valence-corrected chi connectivity index (χ4v) is 10.5. The first-order chi connectivity index (χ1) is 24.7. The molecule has 0 bridgehead atoms. The predicted molar refractivity (Wildman–Crippen MR) is 203 cm³/mol. The Morgan fingerprint density at radius 1 is 0.647 bits per heavy atom. The fourth-order valence-electron chi connectivity index (χ4n) is 6.80. The van der Waals surface area contributed by atoms with Gasteiger partial charge in [0, 0.05) is 47.6 Å². The van der Waals surface area contributed by atoms with Gasteiger partial charge in [-0.15, -0.1) is 22.7 Å². The van der Waals surface area contributed by atoms with Gasteiger partial charge in [0.2, 0.25) is 5.91 Å². The molecule has 0 fully saturated rings. The Balaban J connectivity index is 0.000000182. The second-order valence-corrected chi connectivity index (χ2v) is 17.8. The Hall–Kier alpha value is -4.31. The third kappa shape index (κ3) is 8.11. The topological polar surface area (TPSA) is 142 Å². The van der Waals surface area contributed by atoms with E-state index in [0.717, 1.165) is 74.0 Å². The van der Waals surface area contributed by atoms with Crippen LogP contribution in [-0.4, -0.2) is 52.3 Å². The number of carbonyl (C=O) groups is 1. The number of carbonyl (C=O) groups excluding carboxylic acids is 1. The van der Waals surface area contributed by atoms with Crippen molar-refractivity contribution in [1.82, 2.24) is 9.97 Å². The van der Waals surface area contributed by atoms with Crippen LogP contribution in [0.25, 0.3) is 0 Å². The highest BCUT2D eigenvalue weighted by Gasteiger charge is 2.28. The summed E-state index contributed by atoms with van der Waals surface area (Å²) in [5, 5.41) is 4.19. The number of benzene rings is 3. The molecule has 0 atom stereocenters. The van der Waals surface area contributed by atoms with Crippen LogP contribution in [0.4, 0.5) is 21.6 Å². The molecule has 4 heterocycles. The summed E-state index contributed by atoms with van der Waals surface area (Å²) in [6.07, 6.45) is 11.1. The Labute approximate surface area is 306 Å². The normalized spacial score (nSPS) is 15.5. The maximum atomic E-state index is 13.3. The van der Waals surface area contributed by atoms with Crippen LogP contribution in [0.2, 0.25) is 0 Å². The molecule has 11 nitrogen and oxygen atoms in total.